The number of hydrogen-bond donors (Lipinski definition) is 0. The molecule has 5 heteroatoms. The first-order chi connectivity index (χ1) is 12.0. The van der Waals surface area contributed by atoms with Crippen LogP contribution in [0.25, 0.3) is 0 Å². The standard InChI is InChI=1S/C20H30N2O2S/c1-15-8-9-16(2)22(15)19-7-4-12-21(14-19)25(23,24)20-11-10-17-5-3-6-18(17)13-20/h10-11,13,15-16,19H,3-9,12,14H2,1-2H3/t15-,16+,19-/m1/s1. The molecule has 0 saturated carbocycles. The highest BCUT2D eigenvalue weighted by atomic mass is 32.2. The molecular weight excluding hydrogens is 332 g/mol. The number of aryl methyl sites for hydroxylation is 2. The first-order valence-electron chi connectivity index (χ1n) is 9.86. The summed E-state index contributed by atoms with van der Waals surface area (Å²) in [5.74, 6) is 0. The maximum absolute atomic E-state index is 13.2. The number of hydrogen-bond acceptors (Lipinski definition) is 3. The summed E-state index contributed by atoms with van der Waals surface area (Å²) in [6.45, 7) is 5.88. The minimum Gasteiger partial charge on any atom is -0.294 e. The van der Waals surface area contributed by atoms with Crippen molar-refractivity contribution in [1.29, 1.82) is 0 Å². The van der Waals surface area contributed by atoms with Crippen molar-refractivity contribution in [2.75, 3.05) is 13.1 Å². The van der Waals surface area contributed by atoms with E-state index in [4.69, 9.17) is 0 Å². The molecule has 25 heavy (non-hydrogen) atoms. The SMILES string of the molecule is C[C@@H]1CC[C@H](C)N1[C@@H]1CCCN(S(=O)(=O)c2ccc3c(c2)CCC3)C1. The number of piperidine rings is 1. The number of benzene rings is 1. The summed E-state index contributed by atoms with van der Waals surface area (Å²) in [6, 6.07) is 7.30. The van der Waals surface area contributed by atoms with Gasteiger partial charge in [-0.05, 0) is 82.1 Å². The summed E-state index contributed by atoms with van der Waals surface area (Å²) in [7, 11) is -3.37. The third-order valence-corrected chi connectivity index (χ3v) is 8.37. The van der Waals surface area contributed by atoms with Crippen LogP contribution in [0, 0.1) is 0 Å². The van der Waals surface area contributed by atoms with Gasteiger partial charge < -0.3 is 0 Å². The first-order valence-corrected chi connectivity index (χ1v) is 11.3. The van der Waals surface area contributed by atoms with Crippen molar-refractivity contribution in [2.45, 2.75) is 81.8 Å². The molecule has 0 amide bonds. The van der Waals surface area contributed by atoms with E-state index in [1.807, 2.05) is 18.2 Å². The summed E-state index contributed by atoms with van der Waals surface area (Å²) in [4.78, 5) is 3.07. The van der Waals surface area contributed by atoms with Crippen LogP contribution in [0.5, 0.6) is 0 Å². The van der Waals surface area contributed by atoms with Crippen molar-refractivity contribution in [3.05, 3.63) is 29.3 Å². The van der Waals surface area contributed by atoms with E-state index >= 15 is 0 Å². The van der Waals surface area contributed by atoms with Crippen LogP contribution in [-0.2, 0) is 22.9 Å². The van der Waals surface area contributed by atoms with Crippen LogP contribution in [0.3, 0.4) is 0 Å². The molecule has 4 rings (SSSR count). The van der Waals surface area contributed by atoms with Gasteiger partial charge in [-0.15, -0.1) is 0 Å². The highest BCUT2D eigenvalue weighted by molar-refractivity contribution is 7.89. The summed E-state index contributed by atoms with van der Waals surface area (Å²) in [5, 5.41) is 0. The van der Waals surface area contributed by atoms with Crippen molar-refractivity contribution < 1.29 is 8.42 Å². The van der Waals surface area contributed by atoms with E-state index in [0.29, 0.717) is 36.1 Å². The minimum absolute atomic E-state index is 0.366. The molecule has 0 bridgehead atoms. The summed E-state index contributed by atoms with van der Waals surface area (Å²) >= 11 is 0. The molecule has 138 valence electrons. The van der Waals surface area contributed by atoms with Crippen LogP contribution in [-0.4, -0.2) is 48.8 Å². The van der Waals surface area contributed by atoms with Crippen LogP contribution >= 0.6 is 0 Å². The van der Waals surface area contributed by atoms with E-state index < -0.39 is 10.0 Å². The van der Waals surface area contributed by atoms with E-state index in [-0.39, 0.29) is 0 Å². The van der Waals surface area contributed by atoms with Crippen molar-refractivity contribution in [2.24, 2.45) is 0 Å². The van der Waals surface area contributed by atoms with Gasteiger partial charge in [0.2, 0.25) is 10.0 Å². The van der Waals surface area contributed by atoms with E-state index in [9.17, 15) is 8.42 Å². The van der Waals surface area contributed by atoms with Gasteiger partial charge in [-0.2, -0.15) is 4.31 Å². The maximum Gasteiger partial charge on any atom is 0.243 e. The van der Waals surface area contributed by atoms with Gasteiger partial charge in [0.1, 0.15) is 0 Å². The second kappa shape index (κ2) is 6.67. The van der Waals surface area contributed by atoms with E-state index in [0.717, 1.165) is 32.1 Å². The number of likely N-dealkylation sites (tertiary alicyclic amines) is 1. The minimum atomic E-state index is -3.37. The second-order valence-electron chi connectivity index (χ2n) is 8.17. The van der Waals surface area contributed by atoms with E-state index in [1.165, 1.54) is 24.0 Å². The van der Waals surface area contributed by atoms with Crippen LogP contribution in [0.1, 0.15) is 57.1 Å². The summed E-state index contributed by atoms with van der Waals surface area (Å²) < 4.78 is 28.2. The molecule has 1 aliphatic carbocycles. The molecular formula is C20H30N2O2S. The zero-order valence-electron chi connectivity index (χ0n) is 15.4. The third kappa shape index (κ3) is 3.15. The molecule has 3 aliphatic rings. The van der Waals surface area contributed by atoms with Gasteiger partial charge in [0.05, 0.1) is 4.90 Å². The Kier molecular flexibility index (Phi) is 4.67. The zero-order valence-corrected chi connectivity index (χ0v) is 16.3. The number of nitrogens with zero attached hydrogens (tertiary/aromatic N) is 2. The topological polar surface area (TPSA) is 40.6 Å². The van der Waals surface area contributed by atoms with Gasteiger partial charge in [-0.25, -0.2) is 8.42 Å². The molecule has 4 nitrogen and oxygen atoms in total. The van der Waals surface area contributed by atoms with Crippen molar-refractivity contribution >= 4 is 10.0 Å². The number of sulfonamides is 1. The highest BCUT2D eigenvalue weighted by Crippen LogP contribution is 2.32. The smallest absolute Gasteiger partial charge is 0.243 e. The Bertz CT molecular complexity index is 736. The van der Waals surface area contributed by atoms with Gasteiger partial charge in [0.15, 0.2) is 0 Å². The van der Waals surface area contributed by atoms with Gasteiger partial charge in [-0.1, -0.05) is 6.07 Å². The lowest BCUT2D eigenvalue weighted by Crippen LogP contribution is -2.52. The van der Waals surface area contributed by atoms with Crippen LogP contribution in [0.4, 0.5) is 0 Å². The van der Waals surface area contributed by atoms with Gasteiger partial charge >= 0.3 is 0 Å². The fraction of sp³-hybridized carbons (Fsp3) is 0.700. The van der Waals surface area contributed by atoms with Gasteiger partial charge in [0, 0.05) is 31.2 Å². The Balaban J connectivity index is 1.56. The lowest BCUT2D eigenvalue weighted by molar-refractivity contribution is 0.0979. The monoisotopic (exact) mass is 362 g/mol. The van der Waals surface area contributed by atoms with E-state index in [2.05, 4.69) is 18.7 Å². The average molecular weight is 363 g/mol. The molecule has 0 aromatic heterocycles. The zero-order chi connectivity index (χ0) is 17.6. The third-order valence-electron chi connectivity index (χ3n) is 6.51. The molecule has 0 spiro atoms. The first kappa shape index (κ1) is 17.5. The normalized spacial score (nSPS) is 31.4. The molecule has 2 heterocycles. The molecule has 3 atom stereocenters. The second-order valence-corrected chi connectivity index (χ2v) is 10.1. The maximum atomic E-state index is 13.2. The Morgan fingerprint density at radius 1 is 0.960 bits per heavy atom. The molecule has 0 radical (unpaired) electrons. The van der Waals surface area contributed by atoms with Crippen molar-refractivity contribution in [3.63, 3.8) is 0 Å². The molecule has 2 fully saturated rings. The quantitative estimate of drug-likeness (QED) is 0.829. The van der Waals surface area contributed by atoms with Crippen LogP contribution in [0.2, 0.25) is 0 Å². The van der Waals surface area contributed by atoms with Gasteiger partial charge in [-0.3, -0.25) is 4.90 Å². The highest BCUT2D eigenvalue weighted by Gasteiger charge is 2.38. The lowest BCUT2D eigenvalue weighted by Gasteiger charge is -2.41. The average Bonchev–Trinajstić information content (AvgIpc) is 3.20. The van der Waals surface area contributed by atoms with Crippen molar-refractivity contribution in [3.8, 4) is 0 Å². The Hall–Kier alpha value is -0.910. The molecule has 0 N–H and O–H groups in total. The fourth-order valence-electron chi connectivity index (χ4n) is 5.18. The fourth-order valence-corrected chi connectivity index (χ4v) is 6.74. The predicted octanol–water partition coefficient (Wildman–Crippen LogP) is 3.20. The number of fused-ring (bicyclic) bond motifs is 1. The molecule has 2 aliphatic heterocycles. The number of rotatable bonds is 3. The van der Waals surface area contributed by atoms with Crippen LogP contribution in [0.15, 0.2) is 23.1 Å². The van der Waals surface area contributed by atoms with Crippen LogP contribution < -0.4 is 0 Å². The Morgan fingerprint density at radius 3 is 2.44 bits per heavy atom. The molecule has 2 saturated heterocycles. The summed E-state index contributed by atoms with van der Waals surface area (Å²) in [5.41, 5.74) is 2.56. The molecule has 1 aromatic rings. The van der Waals surface area contributed by atoms with Gasteiger partial charge in [0.25, 0.3) is 0 Å². The molecule has 0 unspecified atom stereocenters. The lowest BCUT2D eigenvalue weighted by atomic mass is 10.0. The Labute approximate surface area is 152 Å². The molecule has 1 aromatic carbocycles. The summed E-state index contributed by atoms with van der Waals surface area (Å²) in [6.07, 6.45) is 7.80. The predicted molar refractivity (Wildman–Crippen MR) is 100 cm³/mol. The van der Waals surface area contributed by atoms with E-state index in [1.54, 1.807) is 4.31 Å². The Morgan fingerprint density at radius 2 is 1.68 bits per heavy atom. The largest absolute Gasteiger partial charge is 0.294 e. The van der Waals surface area contributed by atoms with Crippen molar-refractivity contribution in [1.82, 2.24) is 9.21 Å².